The topological polar surface area (TPSA) is 183 Å². The van der Waals surface area contributed by atoms with Gasteiger partial charge in [0.25, 0.3) is 0 Å². The smallest absolute Gasteiger partial charge is 0.327 e. The lowest BCUT2D eigenvalue weighted by Gasteiger charge is -2.19. The number of rotatable bonds is 9. The average molecular weight is 300 g/mol. The number of aliphatic carboxylic acids is 2. The van der Waals surface area contributed by atoms with Crippen LogP contribution >= 0.6 is 0 Å². The average Bonchev–Trinajstić information content (AvgIpc) is 2.41. The Bertz CT molecular complexity index is 458. The Hall–Kier alpha value is -2.67. The minimum Gasteiger partial charge on any atom is -0.481 e. The number of carbonyl (C=O) groups excluding carboxylic acids is 2. The molecule has 0 aliphatic rings. The summed E-state index contributed by atoms with van der Waals surface area (Å²) in [6.45, 7) is -0.405. The molecule has 0 aromatic rings. The van der Waals surface area contributed by atoms with Gasteiger partial charge in [0.05, 0.1) is 19.0 Å². The highest BCUT2D eigenvalue weighted by molar-refractivity contribution is 5.91. The molecule has 0 bridgehead atoms. The number of nitrogens with zero attached hydrogens (tertiary/aromatic N) is 1. The lowest BCUT2D eigenvalue weighted by molar-refractivity contribution is -0.142. The van der Waals surface area contributed by atoms with E-state index in [0.29, 0.717) is 0 Å². The van der Waals surface area contributed by atoms with Gasteiger partial charge in [0.15, 0.2) is 0 Å². The number of carbonyl (C=O) groups is 4. The fraction of sp³-hybridized carbons (Fsp3) is 0.545. The highest BCUT2D eigenvalue weighted by Crippen LogP contribution is 2.00. The van der Waals surface area contributed by atoms with Gasteiger partial charge in [-0.2, -0.15) is 5.26 Å². The van der Waals surface area contributed by atoms with Crippen LogP contribution in [0.3, 0.4) is 0 Å². The van der Waals surface area contributed by atoms with E-state index in [4.69, 9.17) is 21.2 Å². The highest BCUT2D eigenvalue weighted by atomic mass is 16.4. The molecule has 0 aromatic heterocycles. The summed E-state index contributed by atoms with van der Waals surface area (Å²) in [7, 11) is 0. The number of nitriles is 1. The van der Waals surface area contributed by atoms with Gasteiger partial charge in [-0.15, -0.1) is 0 Å². The Morgan fingerprint density at radius 2 is 1.76 bits per heavy atom. The van der Waals surface area contributed by atoms with E-state index in [2.05, 4.69) is 10.6 Å². The molecule has 0 aliphatic heterocycles. The van der Waals surface area contributed by atoms with Gasteiger partial charge in [-0.05, 0) is 6.42 Å². The molecule has 116 valence electrons. The number of hydrogen-bond acceptors (Lipinski definition) is 6. The van der Waals surface area contributed by atoms with E-state index in [1.807, 2.05) is 0 Å². The third kappa shape index (κ3) is 7.48. The summed E-state index contributed by atoms with van der Waals surface area (Å²) in [5, 5.41) is 30.1. The fourth-order valence-corrected chi connectivity index (χ4v) is 1.35. The number of amides is 2. The van der Waals surface area contributed by atoms with Crippen molar-refractivity contribution in [3.05, 3.63) is 0 Å². The maximum absolute atomic E-state index is 11.9. The van der Waals surface area contributed by atoms with Gasteiger partial charge in [0, 0.05) is 6.42 Å². The van der Waals surface area contributed by atoms with Crippen molar-refractivity contribution in [1.29, 1.82) is 5.26 Å². The van der Waals surface area contributed by atoms with Crippen LogP contribution in [0.2, 0.25) is 0 Å². The summed E-state index contributed by atoms with van der Waals surface area (Å²) in [5.41, 5.74) is 5.08. The SMILES string of the molecule is N#CC[C@H](NC(=O)[C@H](CCC(=O)O)NC(=O)CN)C(=O)O. The number of carboxylic acids is 2. The first-order valence-corrected chi connectivity index (χ1v) is 5.93. The fourth-order valence-electron chi connectivity index (χ4n) is 1.35. The van der Waals surface area contributed by atoms with Gasteiger partial charge in [0.2, 0.25) is 11.8 Å². The van der Waals surface area contributed by atoms with E-state index in [9.17, 15) is 19.2 Å². The van der Waals surface area contributed by atoms with Crippen molar-refractivity contribution in [2.45, 2.75) is 31.3 Å². The monoisotopic (exact) mass is 300 g/mol. The molecule has 10 heteroatoms. The molecule has 0 heterocycles. The zero-order valence-corrected chi connectivity index (χ0v) is 11.0. The van der Waals surface area contributed by atoms with E-state index in [-0.39, 0.29) is 6.42 Å². The van der Waals surface area contributed by atoms with E-state index in [1.165, 1.54) is 0 Å². The first-order valence-electron chi connectivity index (χ1n) is 5.93. The first-order chi connectivity index (χ1) is 9.81. The molecule has 0 aliphatic carbocycles. The van der Waals surface area contributed by atoms with Crippen molar-refractivity contribution in [2.24, 2.45) is 5.73 Å². The Kier molecular flexibility index (Phi) is 8.09. The van der Waals surface area contributed by atoms with Crippen LogP contribution in [-0.4, -0.2) is 52.6 Å². The maximum atomic E-state index is 11.9. The third-order valence-corrected chi connectivity index (χ3v) is 2.39. The van der Waals surface area contributed by atoms with Crippen LogP contribution in [0.4, 0.5) is 0 Å². The van der Waals surface area contributed by atoms with Crippen LogP contribution in [0.25, 0.3) is 0 Å². The van der Waals surface area contributed by atoms with E-state index in [1.54, 1.807) is 6.07 Å². The molecule has 6 N–H and O–H groups in total. The molecule has 0 unspecified atom stereocenters. The van der Waals surface area contributed by atoms with Crippen LogP contribution in [0, 0.1) is 11.3 Å². The lowest BCUT2D eigenvalue weighted by Crippen LogP contribution is -2.52. The Morgan fingerprint density at radius 3 is 2.19 bits per heavy atom. The molecule has 0 fully saturated rings. The van der Waals surface area contributed by atoms with Gasteiger partial charge >= 0.3 is 11.9 Å². The summed E-state index contributed by atoms with van der Waals surface area (Å²) in [6.07, 6.45) is -1.09. The molecular formula is C11H16N4O6. The van der Waals surface area contributed by atoms with E-state index in [0.717, 1.165) is 0 Å². The highest BCUT2D eigenvalue weighted by Gasteiger charge is 2.26. The Labute approximate surface area is 119 Å². The largest absolute Gasteiger partial charge is 0.481 e. The number of nitrogens with one attached hydrogen (secondary N) is 2. The number of nitrogens with two attached hydrogens (primary N) is 1. The van der Waals surface area contributed by atoms with Crippen molar-refractivity contribution in [3.8, 4) is 6.07 Å². The predicted molar refractivity (Wildman–Crippen MR) is 67.7 cm³/mol. The molecule has 2 atom stereocenters. The summed E-state index contributed by atoms with van der Waals surface area (Å²) < 4.78 is 0. The Morgan fingerprint density at radius 1 is 1.14 bits per heavy atom. The summed E-state index contributed by atoms with van der Waals surface area (Å²) in [6, 6.07) is -1.08. The molecule has 0 saturated heterocycles. The Balaban J connectivity index is 4.82. The first kappa shape index (κ1) is 18.3. The van der Waals surface area contributed by atoms with Gasteiger partial charge in [-0.25, -0.2) is 4.79 Å². The van der Waals surface area contributed by atoms with Crippen molar-refractivity contribution >= 4 is 23.8 Å². The van der Waals surface area contributed by atoms with Crippen molar-refractivity contribution in [1.82, 2.24) is 10.6 Å². The van der Waals surface area contributed by atoms with Crippen LogP contribution < -0.4 is 16.4 Å². The second-order valence-corrected chi connectivity index (χ2v) is 4.02. The third-order valence-electron chi connectivity index (χ3n) is 2.39. The van der Waals surface area contributed by atoms with E-state index < -0.39 is 55.2 Å². The molecule has 0 aromatic carbocycles. The van der Waals surface area contributed by atoms with E-state index >= 15 is 0 Å². The second kappa shape index (κ2) is 9.27. The molecule has 0 radical (unpaired) electrons. The van der Waals surface area contributed by atoms with Crippen LogP contribution in [0.5, 0.6) is 0 Å². The molecule has 21 heavy (non-hydrogen) atoms. The molecule has 10 nitrogen and oxygen atoms in total. The normalized spacial score (nSPS) is 12.6. The van der Waals surface area contributed by atoms with Crippen LogP contribution in [0.1, 0.15) is 19.3 Å². The van der Waals surface area contributed by atoms with Crippen molar-refractivity contribution in [3.63, 3.8) is 0 Å². The van der Waals surface area contributed by atoms with Crippen LogP contribution in [-0.2, 0) is 19.2 Å². The van der Waals surface area contributed by atoms with Gasteiger partial charge < -0.3 is 26.6 Å². The zero-order valence-electron chi connectivity index (χ0n) is 11.0. The number of carboxylic acid groups (broad SMARTS) is 2. The number of hydrogen-bond donors (Lipinski definition) is 5. The molecule has 2 amide bonds. The zero-order chi connectivity index (χ0) is 16.4. The van der Waals surface area contributed by atoms with Crippen molar-refractivity contribution in [2.75, 3.05) is 6.54 Å². The quantitative estimate of drug-likeness (QED) is 0.317. The van der Waals surface area contributed by atoms with Crippen LogP contribution in [0.15, 0.2) is 0 Å². The summed E-state index contributed by atoms with van der Waals surface area (Å²) in [4.78, 5) is 44.4. The minimum absolute atomic E-state index is 0.230. The molecule has 0 saturated carbocycles. The molecule has 0 rings (SSSR count). The standard InChI is InChI=1S/C11H16N4O6/c12-4-3-7(11(20)21)15-10(19)6(1-2-9(17)18)14-8(16)5-13/h6-7H,1-3,5,13H2,(H,14,16)(H,15,19)(H,17,18)(H,20,21)/t6-,7-/m0/s1. The molecular weight excluding hydrogens is 284 g/mol. The van der Waals surface area contributed by atoms with Gasteiger partial charge in [0.1, 0.15) is 12.1 Å². The molecule has 0 spiro atoms. The summed E-state index contributed by atoms with van der Waals surface area (Å²) in [5.74, 6) is -4.16. The lowest BCUT2D eigenvalue weighted by atomic mass is 10.1. The minimum atomic E-state index is -1.44. The van der Waals surface area contributed by atoms with Crippen molar-refractivity contribution < 1.29 is 29.4 Å². The van der Waals surface area contributed by atoms with Gasteiger partial charge in [-0.1, -0.05) is 0 Å². The second-order valence-electron chi connectivity index (χ2n) is 4.02. The predicted octanol–water partition coefficient (Wildman–Crippen LogP) is -2.22. The summed E-state index contributed by atoms with van der Waals surface area (Å²) >= 11 is 0. The van der Waals surface area contributed by atoms with Gasteiger partial charge in [-0.3, -0.25) is 14.4 Å². The maximum Gasteiger partial charge on any atom is 0.327 e.